The Bertz CT molecular complexity index is 489. The highest BCUT2D eigenvalue weighted by atomic mass is 19.1. The fraction of sp³-hybridized carbons (Fsp3) is 0.625. The molecule has 1 heterocycles. The quantitative estimate of drug-likeness (QED) is 0.924. The molecule has 112 valence electrons. The highest BCUT2D eigenvalue weighted by Crippen LogP contribution is 2.42. The number of alkyl halides is 1. The minimum absolute atomic E-state index is 0.0598. The summed E-state index contributed by atoms with van der Waals surface area (Å²) in [5, 5.41) is 9.60. The Balaban J connectivity index is 2.62. The van der Waals surface area contributed by atoms with Gasteiger partial charge in [-0.05, 0) is 37.1 Å². The Morgan fingerprint density at radius 2 is 1.55 bits per heavy atom. The average molecular weight is 282 g/mol. The number of aliphatic hydroxyl groups excluding tert-OH is 1. The van der Waals surface area contributed by atoms with Crippen LogP contribution >= 0.6 is 0 Å². The molecule has 0 unspecified atom stereocenters. The topological polar surface area (TPSA) is 38.7 Å². The van der Waals surface area contributed by atoms with Crippen LogP contribution in [-0.2, 0) is 11.1 Å². The second-order valence-electron chi connectivity index (χ2n) is 6.41. The first-order valence-corrected chi connectivity index (χ1v) is 7.00. The van der Waals surface area contributed by atoms with Crippen molar-refractivity contribution in [2.24, 2.45) is 0 Å². The number of ether oxygens (including phenoxy) is 2. The molecule has 1 aromatic carbocycles. The maximum absolute atomic E-state index is 14.5. The number of aliphatic hydroxyl groups is 1. The van der Waals surface area contributed by atoms with Crippen molar-refractivity contribution in [1.82, 2.24) is 0 Å². The van der Waals surface area contributed by atoms with Crippen LogP contribution in [0.4, 0.5) is 4.39 Å². The molecule has 0 fully saturated rings. The molecule has 0 saturated carbocycles. The molecule has 4 heteroatoms. The molecular formula is C16H23FO3. The van der Waals surface area contributed by atoms with Crippen LogP contribution in [0, 0.1) is 0 Å². The van der Waals surface area contributed by atoms with E-state index in [-0.39, 0.29) is 6.61 Å². The summed E-state index contributed by atoms with van der Waals surface area (Å²) in [7, 11) is 0. The fourth-order valence-corrected chi connectivity index (χ4v) is 2.35. The lowest BCUT2D eigenvalue weighted by Crippen LogP contribution is -2.27. The Morgan fingerprint density at radius 3 is 2.00 bits per heavy atom. The lowest BCUT2D eigenvalue weighted by atomic mass is 9.78. The highest BCUT2D eigenvalue weighted by Gasteiger charge is 2.32. The van der Waals surface area contributed by atoms with Crippen LogP contribution < -0.4 is 9.47 Å². The van der Waals surface area contributed by atoms with E-state index < -0.39 is 11.1 Å². The molecule has 0 aromatic heterocycles. The van der Waals surface area contributed by atoms with Gasteiger partial charge in [-0.2, -0.15) is 0 Å². The van der Waals surface area contributed by atoms with Crippen LogP contribution in [0.2, 0.25) is 0 Å². The Morgan fingerprint density at radius 1 is 1.05 bits per heavy atom. The number of benzene rings is 1. The lowest BCUT2D eigenvalue weighted by Gasteiger charge is -2.30. The van der Waals surface area contributed by atoms with Gasteiger partial charge in [0.2, 0.25) is 0 Å². The third-order valence-corrected chi connectivity index (χ3v) is 3.65. The number of rotatable bonds is 3. The SMILES string of the molecule is CC(C)(F)c1cc2c(cc1C(C)(C)CO)OCCCO2. The van der Waals surface area contributed by atoms with Crippen molar-refractivity contribution in [3.8, 4) is 11.5 Å². The molecule has 1 aliphatic rings. The van der Waals surface area contributed by atoms with Crippen molar-refractivity contribution < 1.29 is 19.0 Å². The second kappa shape index (κ2) is 5.24. The lowest BCUT2D eigenvalue weighted by molar-refractivity contribution is 0.196. The van der Waals surface area contributed by atoms with Gasteiger partial charge in [-0.15, -0.1) is 0 Å². The number of fused-ring (bicyclic) bond motifs is 1. The summed E-state index contributed by atoms with van der Waals surface area (Å²) in [6, 6.07) is 3.53. The van der Waals surface area contributed by atoms with Crippen molar-refractivity contribution in [2.75, 3.05) is 19.8 Å². The zero-order valence-electron chi connectivity index (χ0n) is 12.6. The summed E-state index contributed by atoms with van der Waals surface area (Å²) < 4.78 is 25.8. The molecule has 2 rings (SSSR count). The van der Waals surface area contributed by atoms with E-state index in [1.807, 2.05) is 19.9 Å². The maximum atomic E-state index is 14.5. The molecule has 0 atom stereocenters. The van der Waals surface area contributed by atoms with Crippen molar-refractivity contribution >= 4 is 0 Å². The molecule has 0 spiro atoms. The van der Waals surface area contributed by atoms with Gasteiger partial charge in [-0.3, -0.25) is 0 Å². The minimum atomic E-state index is -1.51. The molecule has 0 amide bonds. The first kappa shape index (κ1) is 15.1. The van der Waals surface area contributed by atoms with Crippen molar-refractivity contribution in [2.45, 2.75) is 45.2 Å². The van der Waals surface area contributed by atoms with Crippen molar-refractivity contribution in [3.05, 3.63) is 23.3 Å². The van der Waals surface area contributed by atoms with E-state index in [2.05, 4.69) is 0 Å². The van der Waals surface area contributed by atoms with Crippen LogP contribution in [0.15, 0.2) is 12.1 Å². The standard InChI is InChI=1S/C16H23FO3/c1-15(2,10-18)11-8-13-14(20-7-5-6-19-13)9-12(11)16(3,4)17/h8-9,18H,5-7,10H2,1-4H3. The van der Waals surface area contributed by atoms with E-state index in [0.29, 0.717) is 30.3 Å². The number of halogens is 1. The predicted molar refractivity (Wildman–Crippen MR) is 76.3 cm³/mol. The molecule has 1 N–H and O–H groups in total. The summed E-state index contributed by atoms with van der Waals surface area (Å²) in [5.74, 6) is 1.22. The second-order valence-corrected chi connectivity index (χ2v) is 6.41. The van der Waals surface area contributed by atoms with Gasteiger partial charge in [-0.1, -0.05) is 13.8 Å². The summed E-state index contributed by atoms with van der Waals surface area (Å²) >= 11 is 0. The monoisotopic (exact) mass is 282 g/mol. The van der Waals surface area contributed by atoms with Crippen LogP contribution in [-0.4, -0.2) is 24.9 Å². The summed E-state index contributed by atoms with van der Waals surface area (Å²) in [5.41, 5.74) is -0.742. The summed E-state index contributed by atoms with van der Waals surface area (Å²) in [6.07, 6.45) is 0.807. The zero-order chi connectivity index (χ0) is 15.0. The van der Waals surface area contributed by atoms with Gasteiger partial charge >= 0.3 is 0 Å². The van der Waals surface area contributed by atoms with E-state index in [1.54, 1.807) is 6.07 Å². The minimum Gasteiger partial charge on any atom is -0.490 e. The van der Waals surface area contributed by atoms with E-state index >= 15 is 0 Å². The van der Waals surface area contributed by atoms with Gasteiger partial charge in [0.1, 0.15) is 5.67 Å². The Hall–Kier alpha value is -1.29. The molecule has 3 nitrogen and oxygen atoms in total. The fourth-order valence-electron chi connectivity index (χ4n) is 2.35. The van der Waals surface area contributed by atoms with Crippen molar-refractivity contribution in [1.29, 1.82) is 0 Å². The van der Waals surface area contributed by atoms with Gasteiger partial charge in [0.15, 0.2) is 11.5 Å². The zero-order valence-corrected chi connectivity index (χ0v) is 12.6. The van der Waals surface area contributed by atoms with Crippen LogP contribution in [0.3, 0.4) is 0 Å². The van der Waals surface area contributed by atoms with E-state index in [1.165, 1.54) is 13.8 Å². The van der Waals surface area contributed by atoms with Gasteiger partial charge < -0.3 is 14.6 Å². The molecule has 1 aromatic rings. The number of hydrogen-bond acceptors (Lipinski definition) is 3. The normalized spacial score (nSPS) is 15.9. The van der Waals surface area contributed by atoms with Gasteiger partial charge in [0.05, 0.1) is 19.8 Å². The number of hydrogen-bond donors (Lipinski definition) is 1. The highest BCUT2D eigenvalue weighted by molar-refractivity contribution is 5.51. The summed E-state index contributed by atoms with van der Waals surface area (Å²) in [6.45, 7) is 7.91. The van der Waals surface area contributed by atoms with Gasteiger partial charge in [0.25, 0.3) is 0 Å². The average Bonchev–Trinajstić information content (AvgIpc) is 2.60. The van der Waals surface area contributed by atoms with E-state index in [0.717, 1.165) is 12.0 Å². The molecule has 0 aliphatic carbocycles. The van der Waals surface area contributed by atoms with Crippen LogP contribution in [0.25, 0.3) is 0 Å². The first-order chi connectivity index (χ1) is 9.25. The first-order valence-electron chi connectivity index (χ1n) is 7.00. The molecule has 20 heavy (non-hydrogen) atoms. The molecule has 0 saturated heterocycles. The Labute approximate surface area is 119 Å². The Kier molecular flexibility index (Phi) is 3.96. The molecule has 0 radical (unpaired) electrons. The molecule has 0 bridgehead atoms. The van der Waals surface area contributed by atoms with Crippen LogP contribution in [0.1, 0.15) is 45.2 Å². The maximum Gasteiger partial charge on any atom is 0.161 e. The van der Waals surface area contributed by atoms with E-state index in [4.69, 9.17) is 9.47 Å². The summed E-state index contributed by atoms with van der Waals surface area (Å²) in [4.78, 5) is 0. The smallest absolute Gasteiger partial charge is 0.161 e. The van der Waals surface area contributed by atoms with Gasteiger partial charge in [-0.25, -0.2) is 4.39 Å². The third-order valence-electron chi connectivity index (χ3n) is 3.65. The largest absolute Gasteiger partial charge is 0.490 e. The van der Waals surface area contributed by atoms with Crippen LogP contribution in [0.5, 0.6) is 11.5 Å². The predicted octanol–water partition coefficient (Wildman–Crippen LogP) is 3.32. The molecule has 1 aliphatic heterocycles. The van der Waals surface area contributed by atoms with E-state index in [9.17, 15) is 9.50 Å². The van der Waals surface area contributed by atoms with Crippen molar-refractivity contribution in [3.63, 3.8) is 0 Å². The van der Waals surface area contributed by atoms with Gasteiger partial charge in [0, 0.05) is 11.8 Å². The molecular weight excluding hydrogens is 259 g/mol. The third kappa shape index (κ3) is 2.90.